The van der Waals surface area contributed by atoms with Crippen LogP contribution >= 0.6 is 0 Å². The normalized spacial score (nSPS) is 33.9. The van der Waals surface area contributed by atoms with Gasteiger partial charge in [-0.15, -0.1) is 0 Å². The Morgan fingerprint density at radius 3 is 2.23 bits per heavy atom. The Morgan fingerprint density at radius 2 is 1.77 bits per heavy atom. The first-order valence-electron chi connectivity index (χ1n) is 5.23. The highest BCUT2D eigenvalue weighted by molar-refractivity contribution is 5.12. The molecular formula is C12H18O. The van der Waals surface area contributed by atoms with Crippen LogP contribution in [0.1, 0.15) is 44.1 Å². The Balaban J connectivity index is 2.11. The maximum Gasteiger partial charge on any atom is 0.107 e. The predicted molar refractivity (Wildman–Crippen MR) is 53.7 cm³/mol. The van der Waals surface area contributed by atoms with Crippen LogP contribution in [0.5, 0.6) is 0 Å². The van der Waals surface area contributed by atoms with Gasteiger partial charge in [0.2, 0.25) is 0 Å². The first-order chi connectivity index (χ1) is 6.16. The first kappa shape index (κ1) is 8.86. The van der Waals surface area contributed by atoms with Crippen LogP contribution in [0.2, 0.25) is 0 Å². The van der Waals surface area contributed by atoms with Crippen molar-refractivity contribution in [3.8, 4) is 0 Å². The van der Waals surface area contributed by atoms with E-state index < -0.39 is 0 Å². The van der Waals surface area contributed by atoms with Gasteiger partial charge in [0.25, 0.3) is 0 Å². The third-order valence-electron chi connectivity index (χ3n) is 3.45. The van der Waals surface area contributed by atoms with Crippen LogP contribution in [-0.4, -0.2) is 0 Å². The molecule has 0 N–H and O–H groups in total. The van der Waals surface area contributed by atoms with Gasteiger partial charge in [-0.05, 0) is 43.7 Å². The SMILES string of the molecule is Cc1ccc([C@H]2C[C@@H](C)[C@@H](C)C2)o1. The van der Waals surface area contributed by atoms with Gasteiger partial charge in [0, 0.05) is 5.92 Å². The highest BCUT2D eigenvalue weighted by Crippen LogP contribution is 2.42. The highest BCUT2D eigenvalue weighted by Gasteiger charge is 2.30. The molecule has 0 unspecified atom stereocenters. The van der Waals surface area contributed by atoms with Crippen LogP contribution in [0.3, 0.4) is 0 Å². The van der Waals surface area contributed by atoms with Crippen LogP contribution in [-0.2, 0) is 0 Å². The van der Waals surface area contributed by atoms with Gasteiger partial charge in [0.1, 0.15) is 11.5 Å². The lowest BCUT2D eigenvalue weighted by Crippen LogP contribution is -1.95. The standard InChI is InChI=1S/C12H18O/c1-8-6-11(7-9(8)2)12-5-4-10(3)13-12/h4-5,8-9,11H,6-7H2,1-3H3/t8-,9+,11+. The summed E-state index contributed by atoms with van der Waals surface area (Å²) in [6.07, 6.45) is 2.60. The third kappa shape index (κ3) is 1.65. The van der Waals surface area contributed by atoms with E-state index in [0.29, 0.717) is 5.92 Å². The van der Waals surface area contributed by atoms with Gasteiger partial charge >= 0.3 is 0 Å². The average Bonchev–Trinajstić information content (AvgIpc) is 2.61. The molecule has 0 amide bonds. The Labute approximate surface area is 80.1 Å². The highest BCUT2D eigenvalue weighted by atomic mass is 16.3. The van der Waals surface area contributed by atoms with Gasteiger partial charge < -0.3 is 4.42 Å². The fourth-order valence-corrected chi connectivity index (χ4v) is 2.36. The van der Waals surface area contributed by atoms with E-state index in [1.807, 2.05) is 6.92 Å². The van der Waals surface area contributed by atoms with Gasteiger partial charge in [-0.2, -0.15) is 0 Å². The molecule has 1 heteroatoms. The molecule has 0 spiro atoms. The van der Waals surface area contributed by atoms with Crippen molar-refractivity contribution < 1.29 is 4.42 Å². The largest absolute Gasteiger partial charge is 0.466 e. The van der Waals surface area contributed by atoms with E-state index in [1.165, 1.54) is 18.6 Å². The van der Waals surface area contributed by atoms with Gasteiger partial charge in [0.05, 0.1) is 0 Å². The molecule has 1 aliphatic carbocycles. The van der Waals surface area contributed by atoms with Gasteiger partial charge in [-0.3, -0.25) is 0 Å². The number of furan rings is 1. The van der Waals surface area contributed by atoms with E-state index in [2.05, 4.69) is 26.0 Å². The summed E-state index contributed by atoms with van der Waals surface area (Å²) in [5.41, 5.74) is 0. The molecule has 0 bridgehead atoms. The van der Waals surface area contributed by atoms with Crippen molar-refractivity contribution in [3.63, 3.8) is 0 Å². The molecule has 13 heavy (non-hydrogen) atoms. The summed E-state index contributed by atoms with van der Waals surface area (Å²) in [5.74, 6) is 4.64. The molecule has 1 aliphatic rings. The Kier molecular flexibility index (Phi) is 2.19. The Bertz CT molecular complexity index is 277. The van der Waals surface area contributed by atoms with E-state index in [1.54, 1.807) is 0 Å². The summed E-state index contributed by atoms with van der Waals surface area (Å²) in [5, 5.41) is 0. The second kappa shape index (κ2) is 3.21. The molecule has 0 saturated heterocycles. The van der Waals surface area contributed by atoms with Crippen molar-refractivity contribution in [3.05, 3.63) is 23.7 Å². The molecule has 1 heterocycles. The smallest absolute Gasteiger partial charge is 0.107 e. The third-order valence-corrected chi connectivity index (χ3v) is 3.45. The Hall–Kier alpha value is -0.720. The maximum absolute atomic E-state index is 5.66. The summed E-state index contributed by atoms with van der Waals surface area (Å²) in [4.78, 5) is 0. The minimum atomic E-state index is 0.679. The summed E-state index contributed by atoms with van der Waals surface area (Å²) >= 11 is 0. The van der Waals surface area contributed by atoms with Gasteiger partial charge in [-0.25, -0.2) is 0 Å². The quantitative estimate of drug-likeness (QED) is 0.638. The van der Waals surface area contributed by atoms with E-state index in [4.69, 9.17) is 4.42 Å². The van der Waals surface area contributed by atoms with Crippen molar-refractivity contribution in [1.82, 2.24) is 0 Å². The molecule has 1 fully saturated rings. The molecule has 1 saturated carbocycles. The van der Waals surface area contributed by atoms with Crippen LogP contribution in [0.15, 0.2) is 16.5 Å². The van der Waals surface area contributed by atoms with Crippen molar-refractivity contribution in [2.75, 3.05) is 0 Å². The molecule has 2 rings (SSSR count). The fraction of sp³-hybridized carbons (Fsp3) is 0.667. The van der Waals surface area contributed by atoms with E-state index >= 15 is 0 Å². The minimum Gasteiger partial charge on any atom is -0.466 e. The van der Waals surface area contributed by atoms with Crippen LogP contribution in [0, 0.1) is 18.8 Å². The zero-order valence-corrected chi connectivity index (χ0v) is 8.71. The van der Waals surface area contributed by atoms with Gasteiger partial charge in [0.15, 0.2) is 0 Å². The Morgan fingerprint density at radius 1 is 1.15 bits per heavy atom. The van der Waals surface area contributed by atoms with Crippen LogP contribution in [0.4, 0.5) is 0 Å². The van der Waals surface area contributed by atoms with Crippen molar-refractivity contribution in [2.24, 2.45) is 11.8 Å². The molecular weight excluding hydrogens is 160 g/mol. The number of hydrogen-bond acceptors (Lipinski definition) is 1. The maximum atomic E-state index is 5.66. The monoisotopic (exact) mass is 178 g/mol. The fourth-order valence-electron chi connectivity index (χ4n) is 2.36. The summed E-state index contributed by atoms with van der Waals surface area (Å²) in [6, 6.07) is 4.22. The van der Waals surface area contributed by atoms with Crippen LogP contribution < -0.4 is 0 Å². The van der Waals surface area contributed by atoms with E-state index in [9.17, 15) is 0 Å². The average molecular weight is 178 g/mol. The number of aryl methyl sites for hydroxylation is 1. The lowest BCUT2D eigenvalue weighted by atomic mass is 10.0. The molecule has 1 aromatic heterocycles. The zero-order valence-electron chi connectivity index (χ0n) is 8.71. The molecule has 3 atom stereocenters. The van der Waals surface area contributed by atoms with Crippen LogP contribution in [0.25, 0.3) is 0 Å². The molecule has 0 aromatic carbocycles. The first-order valence-corrected chi connectivity index (χ1v) is 5.23. The number of rotatable bonds is 1. The minimum absolute atomic E-state index is 0.679. The summed E-state index contributed by atoms with van der Waals surface area (Å²) in [6.45, 7) is 6.71. The zero-order chi connectivity index (χ0) is 9.42. The summed E-state index contributed by atoms with van der Waals surface area (Å²) < 4.78 is 5.66. The second-order valence-electron chi connectivity index (χ2n) is 4.57. The second-order valence-corrected chi connectivity index (χ2v) is 4.57. The lowest BCUT2D eigenvalue weighted by molar-refractivity contribution is 0.439. The predicted octanol–water partition coefficient (Wildman–Crippen LogP) is 3.74. The topological polar surface area (TPSA) is 13.1 Å². The summed E-state index contributed by atoms with van der Waals surface area (Å²) in [7, 11) is 0. The number of hydrogen-bond donors (Lipinski definition) is 0. The van der Waals surface area contributed by atoms with Gasteiger partial charge in [-0.1, -0.05) is 13.8 Å². The molecule has 1 aromatic rings. The van der Waals surface area contributed by atoms with E-state index in [-0.39, 0.29) is 0 Å². The molecule has 1 nitrogen and oxygen atoms in total. The molecule has 72 valence electrons. The lowest BCUT2D eigenvalue weighted by Gasteiger charge is -2.04. The molecule has 0 aliphatic heterocycles. The van der Waals surface area contributed by atoms with Crippen molar-refractivity contribution in [2.45, 2.75) is 39.5 Å². The van der Waals surface area contributed by atoms with Crippen molar-refractivity contribution in [1.29, 1.82) is 0 Å². The van der Waals surface area contributed by atoms with Crippen molar-refractivity contribution >= 4 is 0 Å². The van der Waals surface area contributed by atoms with E-state index in [0.717, 1.165) is 17.6 Å². The molecule has 0 radical (unpaired) electrons.